The minimum absolute atomic E-state index is 0.233. The smallest absolute Gasteiger partial charge is 0.114 e. The maximum atomic E-state index is 5.59. The van der Waals surface area contributed by atoms with Gasteiger partial charge in [-0.3, -0.25) is 4.99 Å². The Morgan fingerprint density at radius 3 is 2.93 bits per heavy atom. The fourth-order valence-electron chi connectivity index (χ4n) is 5.63. The standard InChI is InChI=1S/C24H27N3O2/c1-16-19-14-27-13-18-15-29-9-3-4-17(18)12-22(27)24(19)25-20-5-2-6-21(23(16)20)26-7-10-28-11-8-26/h2-6,9,12-13,16,19-20,23H,7-8,10-11,14-15H2,1H3. The second kappa shape index (κ2) is 6.77. The van der Waals surface area contributed by atoms with Crippen molar-refractivity contribution in [1.29, 1.82) is 0 Å². The van der Waals surface area contributed by atoms with E-state index in [0.29, 0.717) is 24.4 Å². The largest absolute Gasteiger partial charge is 0.496 e. The minimum atomic E-state index is 0.233. The summed E-state index contributed by atoms with van der Waals surface area (Å²) in [6.07, 6.45) is 17.3. The van der Waals surface area contributed by atoms with Crippen LogP contribution in [0.5, 0.6) is 0 Å². The molecule has 0 saturated carbocycles. The van der Waals surface area contributed by atoms with Gasteiger partial charge in [-0.2, -0.15) is 0 Å². The van der Waals surface area contributed by atoms with Gasteiger partial charge in [0.25, 0.3) is 0 Å². The summed E-state index contributed by atoms with van der Waals surface area (Å²) in [5, 5.41) is 0. The van der Waals surface area contributed by atoms with Crippen molar-refractivity contribution in [2.24, 2.45) is 22.7 Å². The highest BCUT2D eigenvalue weighted by Gasteiger charge is 2.47. The molecule has 5 aliphatic heterocycles. The first-order chi connectivity index (χ1) is 14.3. The Kier molecular flexibility index (Phi) is 4.05. The highest BCUT2D eigenvalue weighted by molar-refractivity contribution is 6.05. The van der Waals surface area contributed by atoms with Gasteiger partial charge in [0.05, 0.1) is 36.9 Å². The second-order valence-electron chi connectivity index (χ2n) is 8.67. The Hall–Kier alpha value is -2.53. The molecular weight excluding hydrogens is 362 g/mol. The molecule has 1 aliphatic carbocycles. The van der Waals surface area contributed by atoms with Gasteiger partial charge < -0.3 is 19.3 Å². The minimum Gasteiger partial charge on any atom is -0.496 e. The van der Waals surface area contributed by atoms with Gasteiger partial charge in [-0.15, -0.1) is 0 Å². The van der Waals surface area contributed by atoms with Crippen LogP contribution in [0, 0.1) is 17.8 Å². The molecule has 0 bridgehead atoms. The Balaban J connectivity index is 1.36. The molecule has 6 rings (SSSR count). The second-order valence-corrected chi connectivity index (χ2v) is 8.67. The van der Waals surface area contributed by atoms with E-state index in [9.17, 15) is 0 Å². The lowest BCUT2D eigenvalue weighted by Gasteiger charge is -2.44. The molecule has 0 radical (unpaired) electrons. The Bertz CT molecular complexity index is 930. The van der Waals surface area contributed by atoms with Crippen LogP contribution in [0.1, 0.15) is 6.92 Å². The quantitative estimate of drug-likeness (QED) is 0.691. The summed E-state index contributed by atoms with van der Waals surface area (Å²) in [6.45, 7) is 7.70. The number of rotatable bonds is 1. The Labute approximate surface area is 172 Å². The summed E-state index contributed by atoms with van der Waals surface area (Å²) in [6, 6.07) is 0.233. The maximum Gasteiger partial charge on any atom is 0.114 e. The Morgan fingerprint density at radius 1 is 1.14 bits per heavy atom. The normalized spacial score (nSPS) is 35.0. The molecule has 5 heteroatoms. The topological polar surface area (TPSA) is 37.3 Å². The molecule has 29 heavy (non-hydrogen) atoms. The number of hydrogen-bond acceptors (Lipinski definition) is 5. The molecule has 0 spiro atoms. The van der Waals surface area contributed by atoms with E-state index in [1.54, 1.807) is 6.26 Å². The number of hydrogen-bond donors (Lipinski definition) is 0. The monoisotopic (exact) mass is 389 g/mol. The zero-order valence-corrected chi connectivity index (χ0v) is 16.8. The molecule has 0 N–H and O–H groups in total. The Morgan fingerprint density at radius 2 is 2.03 bits per heavy atom. The van der Waals surface area contributed by atoms with Crippen molar-refractivity contribution in [3.8, 4) is 0 Å². The first-order valence-corrected chi connectivity index (χ1v) is 10.8. The number of allylic oxidation sites excluding steroid dienone is 6. The van der Waals surface area contributed by atoms with Crippen LogP contribution < -0.4 is 0 Å². The van der Waals surface area contributed by atoms with Crippen molar-refractivity contribution in [1.82, 2.24) is 9.80 Å². The molecule has 2 saturated heterocycles. The average Bonchev–Trinajstić information content (AvgIpc) is 2.95. The van der Waals surface area contributed by atoms with Crippen molar-refractivity contribution in [3.63, 3.8) is 0 Å². The number of nitrogens with zero attached hydrogens (tertiary/aromatic N) is 3. The van der Waals surface area contributed by atoms with E-state index in [4.69, 9.17) is 14.5 Å². The third-order valence-corrected chi connectivity index (χ3v) is 7.13. The van der Waals surface area contributed by atoms with Crippen molar-refractivity contribution in [2.75, 3.05) is 39.5 Å². The lowest BCUT2D eigenvalue weighted by molar-refractivity contribution is 0.0436. The van der Waals surface area contributed by atoms with Gasteiger partial charge in [-0.25, -0.2) is 0 Å². The third kappa shape index (κ3) is 2.75. The first-order valence-electron chi connectivity index (χ1n) is 10.8. The average molecular weight is 389 g/mol. The van der Waals surface area contributed by atoms with Gasteiger partial charge in [0.15, 0.2) is 0 Å². The molecule has 4 atom stereocenters. The summed E-state index contributed by atoms with van der Waals surface area (Å²) in [4.78, 5) is 10.3. The van der Waals surface area contributed by atoms with E-state index < -0.39 is 0 Å². The molecule has 0 aromatic heterocycles. The predicted octanol–water partition coefficient (Wildman–Crippen LogP) is 3.03. The van der Waals surface area contributed by atoms with Crippen molar-refractivity contribution < 1.29 is 9.47 Å². The van der Waals surface area contributed by atoms with Crippen LogP contribution in [0.4, 0.5) is 0 Å². The number of aliphatic imine (C=N–C) groups is 1. The van der Waals surface area contributed by atoms with Crippen LogP contribution in [-0.4, -0.2) is 61.0 Å². The SMILES string of the molecule is CC1C2CN3C=C4COC=CC=C4C=C3C2=NC2C=CC=C(N3CCOCC3)C21. The zero-order valence-electron chi connectivity index (χ0n) is 16.8. The highest BCUT2D eigenvalue weighted by atomic mass is 16.5. The summed E-state index contributed by atoms with van der Waals surface area (Å²) < 4.78 is 11.2. The van der Waals surface area contributed by atoms with Gasteiger partial charge in [0.2, 0.25) is 0 Å². The van der Waals surface area contributed by atoms with Gasteiger partial charge in [0.1, 0.15) is 6.61 Å². The highest BCUT2D eigenvalue weighted by Crippen LogP contribution is 2.46. The molecule has 5 nitrogen and oxygen atoms in total. The summed E-state index contributed by atoms with van der Waals surface area (Å²) in [5.41, 5.74) is 6.52. The molecule has 150 valence electrons. The van der Waals surface area contributed by atoms with E-state index in [-0.39, 0.29) is 6.04 Å². The van der Waals surface area contributed by atoms with E-state index >= 15 is 0 Å². The number of fused-ring (bicyclic) bond motifs is 5. The van der Waals surface area contributed by atoms with E-state index in [1.807, 2.05) is 6.08 Å². The zero-order chi connectivity index (χ0) is 19.4. The van der Waals surface area contributed by atoms with Crippen molar-refractivity contribution in [2.45, 2.75) is 13.0 Å². The fraction of sp³-hybridized carbons (Fsp3) is 0.458. The van der Waals surface area contributed by atoms with Gasteiger partial charge in [-0.05, 0) is 29.7 Å². The van der Waals surface area contributed by atoms with Crippen LogP contribution in [0.3, 0.4) is 0 Å². The molecule has 0 amide bonds. The van der Waals surface area contributed by atoms with E-state index in [1.165, 1.54) is 28.3 Å². The van der Waals surface area contributed by atoms with E-state index in [0.717, 1.165) is 32.8 Å². The van der Waals surface area contributed by atoms with Gasteiger partial charge >= 0.3 is 0 Å². The molecule has 6 aliphatic rings. The molecule has 0 aromatic carbocycles. The lowest BCUT2D eigenvalue weighted by Crippen LogP contribution is -2.46. The first kappa shape index (κ1) is 17.3. The summed E-state index contributed by atoms with van der Waals surface area (Å²) >= 11 is 0. The lowest BCUT2D eigenvalue weighted by atomic mass is 9.71. The molecule has 2 fully saturated rings. The number of morpholine rings is 1. The summed E-state index contributed by atoms with van der Waals surface area (Å²) in [7, 11) is 0. The van der Waals surface area contributed by atoms with Crippen LogP contribution >= 0.6 is 0 Å². The van der Waals surface area contributed by atoms with Crippen LogP contribution in [-0.2, 0) is 9.47 Å². The number of ether oxygens (including phenoxy) is 2. The third-order valence-electron chi connectivity index (χ3n) is 7.13. The van der Waals surface area contributed by atoms with Gasteiger partial charge in [-0.1, -0.05) is 25.2 Å². The molecule has 4 unspecified atom stereocenters. The summed E-state index contributed by atoms with van der Waals surface area (Å²) in [5.74, 6) is 1.47. The molecule has 5 heterocycles. The van der Waals surface area contributed by atoms with Crippen LogP contribution in [0.15, 0.2) is 76.5 Å². The van der Waals surface area contributed by atoms with E-state index in [2.05, 4.69) is 53.3 Å². The fourth-order valence-corrected chi connectivity index (χ4v) is 5.63. The molecule has 0 aromatic rings. The van der Waals surface area contributed by atoms with Crippen LogP contribution in [0.2, 0.25) is 0 Å². The molecular formula is C24H27N3O2. The predicted molar refractivity (Wildman–Crippen MR) is 113 cm³/mol. The van der Waals surface area contributed by atoms with Gasteiger partial charge in [0, 0.05) is 48.9 Å². The van der Waals surface area contributed by atoms with Crippen LogP contribution in [0.25, 0.3) is 0 Å². The van der Waals surface area contributed by atoms with Crippen molar-refractivity contribution >= 4 is 5.71 Å². The maximum absolute atomic E-state index is 5.59. The van der Waals surface area contributed by atoms with Crippen molar-refractivity contribution in [3.05, 3.63) is 71.5 Å².